The minimum atomic E-state index is -4.45. The zero-order chi connectivity index (χ0) is 11.8. The molecule has 4 nitrogen and oxygen atoms in total. The summed E-state index contributed by atoms with van der Waals surface area (Å²) >= 11 is 0.802. The summed E-state index contributed by atoms with van der Waals surface area (Å²) in [6, 6.07) is 0.256. The average Bonchev–Trinajstić information content (AvgIpc) is 2.65. The van der Waals surface area contributed by atoms with Crippen LogP contribution in [0, 0.1) is 0 Å². The summed E-state index contributed by atoms with van der Waals surface area (Å²) in [5.74, 6) is -1.04. The van der Waals surface area contributed by atoms with Gasteiger partial charge in [0.15, 0.2) is 0 Å². The second kappa shape index (κ2) is 4.17. The number of nitrogens with zero attached hydrogens (tertiary/aromatic N) is 3. The Kier molecular flexibility index (Phi) is 3.02. The molecule has 1 aromatic heterocycles. The maximum absolute atomic E-state index is 12.3. The molecule has 1 saturated heterocycles. The van der Waals surface area contributed by atoms with E-state index in [2.05, 4.69) is 14.7 Å². The van der Waals surface area contributed by atoms with Crippen molar-refractivity contribution in [2.45, 2.75) is 19.1 Å². The lowest BCUT2D eigenvalue weighted by Crippen LogP contribution is -2.49. The molecule has 2 rings (SSSR count). The van der Waals surface area contributed by atoms with Crippen LogP contribution in [0.5, 0.6) is 0 Å². The lowest BCUT2D eigenvalue weighted by molar-refractivity contribution is -0.144. The molecule has 1 fully saturated rings. The van der Waals surface area contributed by atoms with Gasteiger partial charge in [-0.1, -0.05) is 0 Å². The summed E-state index contributed by atoms with van der Waals surface area (Å²) in [5.41, 5.74) is 0. The lowest BCUT2D eigenvalue weighted by atomic mass is 10.2. The molecule has 1 aromatic rings. The molecule has 0 bridgehead atoms. The predicted molar refractivity (Wildman–Crippen MR) is 54.6 cm³/mol. The van der Waals surface area contributed by atoms with Gasteiger partial charge in [-0.05, 0) is 6.92 Å². The van der Waals surface area contributed by atoms with Crippen molar-refractivity contribution in [2.75, 3.05) is 24.5 Å². The Hall–Kier alpha value is -0.890. The molecule has 90 valence electrons. The predicted octanol–water partition coefficient (Wildman–Crippen LogP) is 1.35. The van der Waals surface area contributed by atoms with Crippen LogP contribution in [0.3, 0.4) is 0 Å². The third kappa shape index (κ3) is 2.43. The van der Waals surface area contributed by atoms with Crippen LogP contribution in [0.2, 0.25) is 0 Å². The van der Waals surface area contributed by atoms with E-state index in [0.29, 0.717) is 18.2 Å². The Morgan fingerprint density at radius 2 is 2.25 bits per heavy atom. The van der Waals surface area contributed by atoms with Crippen LogP contribution in [-0.2, 0) is 6.18 Å². The van der Waals surface area contributed by atoms with Crippen molar-refractivity contribution in [1.29, 1.82) is 0 Å². The van der Waals surface area contributed by atoms with E-state index in [1.807, 2.05) is 11.8 Å². The number of nitrogens with one attached hydrogen (secondary N) is 1. The van der Waals surface area contributed by atoms with Crippen LogP contribution >= 0.6 is 11.5 Å². The van der Waals surface area contributed by atoms with E-state index < -0.39 is 12.0 Å². The first-order chi connectivity index (χ1) is 7.47. The van der Waals surface area contributed by atoms with Crippen LogP contribution in [0.15, 0.2) is 0 Å². The molecular weight excluding hydrogens is 241 g/mol. The van der Waals surface area contributed by atoms with Crippen molar-refractivity contribution in [2.24, 2.45) is 0 Å². The summed E-state index contributed by atoms with van der Waals surface area (Å²) in [7, 11) is 0. The Morgan fingerprint density at radius 1 is 1.50 bits per heavy atom. The van der Waals surface area contributed by atoms with E-state index in [1.165, 1.54) is 0 Å². The van der Waals surface area contributed by atoms with Crippen LogP contribution in [0.25, 0.3) is 0 Å². The number of anilines is 1. The fourth-order valence-electron chi connectivity index (χ4n) is 1.57. The molecule has 0 radical (unpaired) electrons. The highest BCUT2D eigenvalue weighted by Gasteiger charge is 2.36. The quantitative estimate of drug-likeness (QED) is 0.819. The van der Waals surface area contributed by atoms with Crippen molar-refractivity contribution < 1.29 is 13.2 Å². The van der Waals surface area contributed by atoms with Gasteiger partial charge in [0.1, 0.15) is 0 Å². The highest BCUT2D eigenvalue weighted by atomic mass is 32.1. The van der Waals surface area contributed by atoms with Crippen LogP contribution in [0.4, 0.5) is 18.3 Å². The third-order valence-corrected chi connectivity index (χ3v) is 3.09. The number of halogens is 3. The van der Waals surface area contributed by atoms with Gasteiger partial charge in [-0.15, -0.1) is 0 Å². The fourth-order valence-corrected chi connectivity index (χ4v) is 2.29. The van der Waals surface area contributed by atoms with E-state index >= 15 is 0 Å². The molecule has 1 atom stereocenters. The maximum Gasteiger partial charge on any atom is 0.452 e. The van der Waals surface area contributed by atoms with Crippen molar-refractivity contribution in [1.82, 2.24) is 14.7 Å². The van der Waals surface area contributed by atoms with Gasteiger partial charge in [0.2, 0.25) is 11.0 Å². The molecule has 0 aliphatic carbocycles. The fraction of sp³-hybridized carbons (Fsp3) is 0.750. The van der Waals surface area contributed by atoms with Gasteiger partial charge >= 0.3 is 6.18 Å². The molecular formula is C8H11F3N4S. The van der Waals surface area contributed by atoms with E-state index in [4.69, 9.17) is 0 Å². The highest BCUT2D eigenvalue weighted by molar-refractivity contribution is 7.09. The van der Waals surface area contributed by atoms with Gasteiger partial charge < -0.3 is 10.2 Å². The Bertz CT molecular complexity index is 364. The molecule has 1 N–H and O–H groups in total. The topological polar surface area (TPSA) is 41.1 Å². The minimum absolute atomic E-state index is 0.256. The standard InChI is InChI=1S/C8H11F3N4S/c1-5-4-15(3-2-12-5)7-13-6(14-16-7)8(9,10)11/h5,12H,2-4H2,1H3/t5-/m1/s1. The van der Waals surface area contributed by atoms with Crippen molar-refractivity contribution >= 4 is 16.7 Å². The minimum Gasteiger partial charge on any atom is -0.344 e. The number of aromatic nitrogens is 2. The van der Waals surface area contributed by atoms with E-state index in [1.54, 1.807) is 0 Å². The van der Waals surface area contributed by atoms with Gasteiger partial charge in [0, 0.05) is 37.2 Å². The van der Waals surface area contributed by atoms with Crippen LogP contribution < -0.4 is 10.2 Å². The normalized spacial score (nSPS) is 22.5. The average molecular weight is 252 g/mol. The van der Waals surface area contributed by atoms with E-state index in [0.717, 1.165) is 18.1 Å². The van der Waals surface area contributed by atoms with Gasteiger partial charge in [0.25, 0.3) is 0 Å². The second-order valence-electron chi connectivity index (χ2n) is 3.70. The molecule has 1 aliphatic heterocycles. The van der Waals surface area contributed by atoms with Crippen LogP contribution in [0.1, 0.15) is 12.7 Å². The summed E-state index contributed by atoms with van der Waals surface area (Å²) < 4.78 is 40.2. The Labute approximate surface area is 94.6 Å². The first-order valence-electron chi connectivity index (χ1n) is 4.86. The molecule has 16 heavy (non-hydrogen) atoms. The maximum atomic E-state index is 12.3. The molecule has 0 spiro atoms. The molecule has 0 amide bonds. The highest BCUT2D eigenvalue weighted by Crippen LogP contribution is 2.30. The lowest BCUT2D eigenvalue weighted by Gasteiger charge is -2.31. The monoisotopic (exact) mass is 252 g/mol. The van der Waals surface area contributed by atoms with Gasteiger partial charge in [-0.2, -0.15) is 22.5 Å². The largest absolute Gasteiger partial charge is 0.452 e. The van der Waals surface area contributed by atoms with Gasteiger partial charge in [0.05, 0.1) is 0 Å². The second-order valence-corrected chi connectivity index (χ2v) is 4.43. The summed E-state index contributed by atoms with van der Waals surface area (Å²) in [4.78, 5) is 5.35. The van der Waals surface area contributed by atoms with Crippen molar-refractivity contribution in [3.05, 3.63) is 5.82 Å². The number of alkyl halides is 3. The number of rotatable bonds is 1. The van der Waals surface area contributed by atoms with Gasteiger partial charge in [-0.3, -0.25) is 0 Å². The smallest absolute Gasteiger partial charge is 0.344 e. The summed E-state index contributed by atoms with van der Waals surface area (Å²) in [6.07, 6.45) is -4.45. The summed E-state index contributed by atoms with van der Waals surface area (Å²) in [6.45, 7) is 4.06. The van der Waals surface area contributed by atoms with Crippen LogP contribution in [-0.4, -0.2) is 35.0 Å². The molecule has 0 aromatic carbocycles. The number of hydrogen-bond acceptors (Lipinski definition) is 5. The SMILES string of the molecule is C[C@@H]1CN(c2nc(C(F)(F)F)ns2)CCN1. The summed E-state index contributed by atoms with van der Waals surface area (Å²) in [5, 5.41) is 3.56. The molecule has 2 heterocycles. The zero-order valence-corrected chi connectivity index (χ0v) is 9.40. The Morgan fingerprint density at radius 3 is 2.81 bits per heavy atom. The van der Waals surface area contributed by atoms with E-state index in [-0.39, 0.29) is 6.04 Å². The Balaban J connectivity index is 2.12. The molecule has 0 saturated carbocycles. The first kappa shape index (κ1) is 11.6. The van der Waals surface area contributed by atoms with Crippen molar-refractivity contribution in [3.8, 4) is 0 Å². The molecule has 0 unspecified atom stereocenters. The van der Waals surface area contributed by atoms with E-state index in [9.17, 15) is 13.2 Å². The number of hydrogen-bond donors (Lipinski definition) is 1. The third-order valence-electron chi connectivity index (χ3n) is 2.31. The molecule has 8 heteroatoms. The number of piperazine rings is 1. The van der Waals surface area contributed by atoms with Gasteiger partial charge in [-0.25, -0.2) is 0 Å². The zero-order valence-electron chi connectivity index (χ0n) is 8.58. The first-order valence-corrected chi connectivity index (χ1v) is 5.63. The molecule has 1 aliphatic rings. The van der Waals surface area contributed by atoms with Crippen molar-refractivity contribution in [3.63, 3.8) is 0 Å².